The summed E-state index contributed by atoms with van der Waals surface area (Å²) in [6.07, 6.45) is 0. The molecule has 1 heterocycles. The van der Waals surface area contributed by atoms with Gasteiger partial charge in [0.25, 0.3) is 0 Å². The quantitative estimate of drug-likeness (QED) is 0.703. The Hall–Kier alpha value is -1.99. The number of aromatic nitrogens is 4. The number of hydrogen-bond acceptors (Lipinski definition) is 4. The molecule has 2 N–H and O–H groups in total. The summed E-state index contributed by atoms with van der Waals surface area (Å²) in [5.74, 6) is -0.0234. The third kappa shape index (κ3) is 2.50. The topological polar surface area (TPSA) is 69.6 Å². The van der Waals surface area contributed by atoms with Gasteiger partial charge in [0.1, 0.15) is 5.82 Å². The van der Waals surface area contributed by atoms with Crippen molar-refractivity contribution in [2.24, 2.45) is 0 Å². The molecule has 0 saturated carbocycles. The summed E-state index contributed by atoms with van der Waals surface area (Å²) >= 11 is 9.11. The number of anilines is 1. The summed E-state index contributed by atoms with van der Waals surface area (Å²) in [6, 6.07) is 9.76. The van der Waals surface area contributed by atoms with Gasteiger partial charge in [0, 0.05) is 11.6 Å². The number of nitrogens with two attached hydrogens (primary N) is 1. The van der Waals surface area contributed by atoms with E-state index in [2.05, 4.69) is 31.5 Å². The van der Waals surface area contributed by atoms with Crippen LogP contribution in [0.5, 0.6) is 0 Å². The molecule has 8 heteroatoms. The number of nitrogens with zero attached hydrogens (tertiary/aromatic N) is 4. The van der Waals surface area contributed by atoms with Crippen molar-refractivity contribution in [2.75, 3.05) is 5.73 Å². The molecular weight excluding hydrogens is 361 g/mol. The van der Waals surface area contributed by atoms with Crippen molar-refractivity contribution in [1.82, 2.24) is 20.2 Å². The SMILES string of the molecule is Nc1c(Cl)cccc1-c1nnnn1-c1ccc(Br)c(F)c1. The summed E-state index contributed by atoms with van der Waals surface area (Å²) in [5.41, 5.74) is 7.38. The molecule has 2 aromatic carbocycles. The van der Waals surface area contributed by atoms with Crippen molar-refractivity contribution in [3.05, 3.63) is 51.7 Å². The predicted molar refractivity (Wildman–Crippen MR) is 81.7 cm³/mol. The minimum absolute atomic E-state index is 0.364. The molecule has 0 aliphatic heterocycles. The Kier molecular flexibility index (Phi) is 3.60. The number of halogens is 3. The minimum Gasteiger partial charge on any atom is -0.397 e. The van der Waals surface area contributed by atoms with Crippen molar-refractivity contribution in [2.45, 2.75) is 0 Å². The van der Waals surface area contributed by atoms with Crippen LogP contribution in [-0.4, -0.2) is 20.2 Å². The molecule has 0 spiro atoms. The van der Waals surface area contributed by atoms with Gasteiger partial charge in [-0.15, -0.1) is 5.10 Å². The van der Waals surface area contributed by atoms with Crippen LogP contribution in [0, 0.1) is 5.82 Å². The van der Waals surface area contributed by atoms with E-state index in [0.29, 0.717) is 32.3 Å². The van der Waals surface area contributed by atoms with Gasteiger partial charge in [-0.1, -0.05) is 17.7 Å². The number of hydrogen-bond donors (Lipinski definition) is 1. The highest BCUT2D eigenvalue weighted by Crippen LogP contribution is 2.31. The third-order valence-corrected chi connectivity index (χ3v) is 3.88. The van der Waals surface area contributed by atoms with E-state index in [4.69, 9.17) is 17.3 Å². The summed E-state index contributed by atoms with van der Waals surface area (Å²) in [4.78, 5) is 0. The molecule has 0 saturated heterocycles. The van der Waals surface area contributed by atoms with Crippen molar-refractivity contribution in [1.29, 1.82) is 0 Å². The van der Waals surface area contributed by atoms with E-state index in [-0.39, 0.29) is 0 Å². The molecule has 3 rings (SSSR count). The summed E-state index contributed by atoms with van der Waals surface area (Å²) in [7, 11) is 0. The Labute approximate surface area is 132 Å². The molecule has 21 heavy (non-hydrogen) atoms. The lowest BCUT2D eigenvalue weighted by Gasteiger charge is -2.08. The Morgan fingerprint density at radius 2 is 2.05 bits per heavy atom. The normalized spacial score (nSPS) is 10.8. The van der Waals surface area contributed by atoms with Gasteiger partial charge in [-0.05, 0) is 50.6 Å². The van der Waals surface area contributed by atoms with Crippen molar-refractivity contribution < 1.29 is 4.39 Å². The Morgan fingerprint density at radius 1 is 1.24 bits per heavy atom. The second kappa shape index (κ2) is 5.42. The molecule has 0 atom stereocenters. The lowest BCUT2D eigenvalue weighted by molar-refractivity contribution is 0.618. The van der Waals surface area contributed by atoms with E-state index < -0.39 is 5.82 Å². The standard InChI is InChI=1S/C13H8BrClFN5/c14-9-5-4-7(6-11(9)16)21-13(18-19-20-21)8-2-1-3-10(15)12(8)17/h1-6H,17H2. The van der Waals surface area contributed by atoms with Crippen molar-refractivity contribution in [3.63, 3.8) is 0 Å². The molecular formula is C13H8BrClFN5. The molecule has 0 amide bonds. The molecule has 1 aromatic heterocycles. The van der Waals surface area contributed by atoms with E-state index in [1.165, 1.54) is 10.7 Å². The smallest absolute Gasteiger partial charge is 0.189 e. The highest BCUT2D eigenvalue weighted by molar-refractivity contribution is 9.10. The zero-order valence-corrected chi connectivity index (χ0v) is 12.8. The highest BCUT2D eigenvalue weighted by Gasteiger charge is 2.15. The number of para-hydroxylation sites is 1. The lowest BCUT2D eigenvalue weighted by atomic mass is 10.1. The maximum atomic E-state index is 13.7. The third-order valence-electron chi connectivity index (χ3n) is 2.91. The van der Waals surface area contributed by atoms with Gasteiger partial charge in [0.2, 0.25) is 0 Å². The van der Waals surface area contributed by atoms with Crippen molar-refractivity contribution in [3.8, 4) is 17.1 Å². The van der Waals surface area contributed by atoms with Crippen LogP contribution >= 0.6 is 27.5 Å². The van der Waals surface area contributed by atoms with Crippen LogP contribution in [0.4, 0.5) is 10.1 Å². The fourth-order valence-electron chi connectivity index (χ4n) is 1.88. The van der Waals surface area contributed by atoms with E-state index in [1.807, 2.05) is 0 Å². The van der Waals surface area contributed by atoms with E-state index in [0.717, 1.165) is 0 Å². The molecule has 0 radical (unpaired) electrons. The second-order valence-corrected chi connectivity index (χ2v) is 5.48. The number of nitrogen functional groups attached to an aromatic ring is 1. The van der Waals surface area contributed by atoms with Crippen LogP contribution < -0.4 is 5.73 Å². The molecule has 0 fully saturated rings. The van der Waals surface area contributed by atoms with Gasteiger partial charge < -0.3 is 5.73 Å². The van der Waals surface area contributed by atoms with E-state index in [1.54, 1.807) is 30.3 Å². The van der Waals surface area contributed by atoms with E-state index >= 15 is 0 Å². The van der Waals surface area contributed by atoms with Crippen LogP contribution in [0.3, 0.4) is 0 Å². The fourth-order valence-corrected chi connectivity index (χ4v) is 2.30. The van der Waals surface area contributed by atoms with Crippen LogP contribution in [0.1, 0.15) is 0 Å². The first-order chi connectivity index (χ1) is 10.1. The van der Waals surface area contributed by atoms with Crippen LogP contribution in [0.15, 0.2) is 40.9 Å². The zero-order valence-electron chi connectivity index (χ0n) is 10.5. The van der Waals surface area contributed by atoms with Crippen molar-refractivity contribution >= 4 is 33.2 Å². The van der Waals surface area contributed by atoms with Crippen LogP contribution in [-0.2, 0) is 0 Å². The molecule has 3 aromatic rings. The average Bonchev–Trinajstić information content (AvgIpc) is 2.94. The Morgan fingerprint density at radius 3 is 2.81 bits per heavy atom. The molecule has 106 valence electrons. The number of benzene rings is 2. The summed E-state index contributed by atoms with van der Waals surface area (Å²) in [5, 5.41) is 11.9. The summed E-state index contributed by atoms with van der Waals surface area (Å²) in [6.45, 7) is 0. The first-order valence-corrected chi connectivity index (χ1v) is 7.03. The zero-order chi connectivity index (χ0) is 15.0. The van der Waals surface area contributed by atoms with Crippen LogP contribution in [0.2, 0.25) is 5.02 Å². The first kappa shape index (κ1) is 14.0. The highest BCUT2D eigenvalue weighted by atomic mass is 79.9. The lowest BCUT2D eigenvalue weighted by Crippen LogP contribution is -2.02. The van der Waals surface area contributed by atoms with Gasteiger partial charge in [-0.2, -0.15) is 4.68 Å². The largest absolute Gasteiger partial charge is 0.397 e. The molecule has 5 nitrogen and oxygen atoms in total. The number of tetrazole rings is 1. The maximum Gasteiger partial charge on any atom is 0.189 e. The molecule has 0 unspecified atom stereocenters. The van der Waals surface area contributed by atoms with Gasteiger partial charge >= 0.3 is 0 Å². The first-order valence-electron chi connectivity index (χ1n) is 5.86. The maximum absolute atomic E-state index is 13.7. The average molecular weight is 369 g/mol. The fraction of sp³-hybridized carbons (Fsp3) is 0. The molecule has 0 aliphatic carbocycles. The molecule has 0 aliphatic rings. The Balaban J connectivity index is 2.17. The van der Waals surface area contributed by atoms with Gasteiger partial charge in [-0.3, -0.25) is 0 Å². The summed E-state index contributed by atoms with van der Waals surface area (Å²) < 4.78 is 15.4. The van der Waals surface area contributed by atoms with Gasteiger partial charge in [0.15, 0.2) is 5.82 Å². The second-order valence-electron chi connectivity index (χ2n) is 4.21. The monoisotopic (exact) mass is 367 g/mol. The molecule has 0 bridgehead atoms. The van der Waals surface area contributed by atoms with Gasteiger partial charge in [-0.25, -0.2) is 4.39 Å². The van der Waals surface area contributed by atoms with E-state index in [9.17, 15) is 4.39 Å². The minimum atomic E-state index is -0.409. The Bertz CT molecular complexity index is 820. The predicted octanol–water partition coefficient (Wildman–Crippen LogP) is 3.47. The van der Waals surface area contributed by atoms with Crippen LogP contribution in [0.25, 0.3) is 17.1 Å². The number of rotatable bonds is 2. The van der Waals surface area contributed by atoms with Gasteiger partial charge in [0.05, 0.1) is 20.9 Å².